The van der Waals surface area contributed by atoms with Crippen LogP contribution in [-0.2, 0) is 21.0 Å². The molecule has 1 heterocycles. The highest BCUT2D eigenvalue weighted by Gasteiger charge is 2.67. The van der Waals surface area contributed by atoms with Gasteiger partial charge in [0, 0.05) is 5.92 Å². The number of nitrogens with zero attached hydrogens (tertiary/aromatic N) is 1. The fraction of sp³-hybridized carbons (Fsp3) is 0.200. The first-order chi connectivity index (χ1) is 14.1. The van der Waals surface area contributed by atoms with Crippen molar-refractivity contribution in [2.24, 2.45) is 11.8 Å². The first kappa shape index (κ1) is 17.0. The van der Waals surface area contributed by atoms with Gasteiger partial charge in [-0.2, -0.15) is 0 Å². The summed E-state index contributed by atoms with van der Waals surface area (Å²) in [5.74, 6) is -1.43. The lowest BCUT2D eigenvalue weighted by molar-refractivity contribution is -0.140. The average Bonchev–Trinajstić information content (AvgIpc) is 3.01. The van der Waals surface area contributed by atoms with E-state index in [1.807, 2.05) is 66.7 Å². The van der Waals surface area contributed by atoms with Gasteiger partial charge in [-0.05, 0) is 27.8 Å². The molecule has 0 unspecified atom stereocenters. The summed E-state index contributed by atoms with van der Waals surface area (Å²) in [7, 11) is 0. The van der Waals surface area contributed by atoms with Crippen LogP contribution >= 0.6 is 11.6 Å². The number of hydrogen-bond acceptors (Lipinski definition) is 2. The van der Waals surface area contributed by atoms with Gasteiger partial charge in [-0.1, -0.05) is 78.9 Å². The van der Waals surface area contributed by atoms with Crippen LogP contribution in [0.4, 0.5) is 0 Å². The molecule has 29 heavy (non-hydrogen) atoms. The summed E-state index contributed by atoms with van der Waals surface area (Å²) >= 11 is 7.39. The van der Waals surface area contributed by atoms with Crippen molar-refractivity contribution in [2.45, 2.75) is 17.3 Å². The van der Waals surface area contributed by atoms with E-state index in [1.54, 1.807) is 0 Å². The molecule has 0 saturated carbocycles. The van der Waals surface area contributed by atoms with Gasteiger partial charge in [0.15, 0.2) is 0 Å². The second kappa shape index (κ2) is 5.80. The second-order valence-corrected chi connectivity index (χ2v) is 8.71. The molecule has 3 aromatic rings. The van der Waals surface area contributed by atoms with E-state index in [4.69, 9.17) is 11.6 Å². The highest BCUT2D eigenvalue weighted by Crippen LogP contribution is 2.65. The molecule has 1 aliphatic heterocycles. The summed E-state index contributed by atoms with van der Waals surface area (Å²) < 4.78 is 0. The maximum Gasteiger partial charge on any atom is 0.235 e. The Labute approximate surface area is 173 Å². The molecule has 3 nitrogen and oxygen atoms in total. The first-order valence-corrected chi connectivity index (χ1v) is 10.3. The van der Waals surface area contributed by atoms with Crippen LogP contribution in [0.1, 0.15) is 33.7 Å². The van der Waals surface area contributed by atoms with Crippen molar-refractivity contribution < 1.29 is 9.59 Å². The molecule has 4 heteroatoms. The van der Waals surface area contributed by atoms with Crippen molar-refractivity contribution in [2.75, 3.05) is 0 Å². The number of carbonyl (C=O) groups is 2. The number of rotatable bonds is 2. The minimum absolute atomic E-state index is 0.108. The summed E-state index contributed by atoms with van der Waals surface area (Å²) in [5, 5.41) is 0. The number of likely N-dealkylation sites (tertiary alicyclic amines) is 1. The monoisotopic (exact) mass is 399 g/mol. The van der Waals surface area contributed by atoms with Crippen molar-refractivity contribution in [3.8, 4) is 0 Å². The van der Waals surface area contributed by atoms with Gasteiger partial charge < -0.3 is 0 Å². The van der Waals surface area contributed by atoms with Crippen LogP contribution in [0.25, 0.3) is 0 Å². The van der Waals surface area contributed by atoms with Gasteiger partial charge in [0.25, 0.3) is 0 Å². The van der Waals surface area contributed by atoms with E-state index in [0.29, 0.717) is 0 Å². The van der Waals surface area contributed by atoms with E-state index < -0.39 is 16.7 Å². The van der Waals surface area contributed by atoms with Crippen LogP contribution < -0.4 is 0 Å². The van der Waals surface area contributed by atoms with E-state index in [-0.39, 0.29) is 24.3 Å². The fourth-order valence-corrected chi connectivity index (χ4v) is 6.23. The lowest BCUT2D eigenvalue weighted by Gasteiger charge is -2.50. The number of halogens is 1. The molecule has 142 valence electrons. The van der Waals surface area contributed by atoms with Crippen molar-refractivity contribution >= 4 is 23.4 Å². The Morgan fingerprint density at radius 3 is 1.93 bits per heavy atom. The summed E-state index contributed by atoms with van der Waals surface area (Å²) in [4.78, 5) is 27.6. The third-order valence-electron chi connectivity index (χ3n) is 6.79. The Hall–Kier alpha value is -2.91. The Kier molecular flexibility index (Phi) is 3.40. The van der Waals surface area contributed by atoms with E-state index in [9.17, 15) is 9.59 Å². The molecular weight excluding hydrogens is 382 g/mol. The number of hydrogen-bond donors (Lipinski definition) is 0. The summed E-state index contributed by atoms with van der Waals surface area (Å²) in [6.45, 7) is 0.290. The third-order valence-corrected chi connectivity index (χ3v) is 7.43. The van der Waals surface area contributed by atoms with Crippen LogP contribution in [0.3, 0.4) is 0 Å². The van der Waals surface area contributed by atoms with Gasteiger partial charge in [-0.25, -0.2) is 0 Å². The van der Waals surface area contributed by atoms with Crippen LogP contribution in [0.5, 0.6) is 0 Å². The van der Waals surface area contributed by atoms with E-state index in [1.165, 1.54) is 4.90 Å². The summed E-state index contributed by atoms with van der Waals surface area (Å²) in [6.07, 6.45) is 0. The smallest absolute Gasteiger partial charge is 0.235 e. The van der Waals surface area contributed by atoms with Crippen molar-refractivity contribution in [1.29, 1.82) is 0 Å². The Balaban J connectivity index is 1.55. The highest BCUT2D eigenvalue weighted by molar-refractivity contribution is 6.30. The lowest BCUT2D eigenvalue weighted by atomic mass is 9.54. The maximum absolute atomic E-state index is 13.6. The van der Waals surface area contributed by atoms with Crippen molar-refractivity contribution in [1.82, 2.24) is 4.90 Å². The molecule has 0 spiro atoms. The van der Waals surface area contributed by atoms with E-state index in [0.717, 1.165) is 27.8 Å². The minimum atomic E-state index is -1.01. The van der Waals surface area contributed by atoms with Crippen LogP contribution in [-0.4, -0.2) is 16.7 Å². The largest absolute Gasteiger partial charge is 0.278 e. The second-order valence-electron chi connectivity index (χ2n) is 8.12. The predicted octanol–water partition coefficient (Wildman–Crippen LogP) is 4.43. The Bertz CT molecular complexity index is 1120. The zero-order chi connectivity index (χ0) is 19.8. The van der Waals surface area contributed by atoms with Crippen LogP contribution in [0.15, 0.2) is 78.9 Å². The molecule has 3 aromatic carbocycles. The molecule has 0 N–H and O–H groups in total. The minimum Gasteiger partial charge on any atom is -0.278 e. The van der Waals surface area contributed by atoms with Crippen LogP contribution in [0.2, 0.25) is 0 Å². The van der Waals surface area contributed by atoms with E-state index >= 15 is 0 Å². The Morgan fingerprint density at radius 1 is 0.759 bits per heavy atom. The number of alkyl halides is 1. The number of imide groups is 1. The lowest BCUT2D eigenvalue weighted by Crippen LogP contribution is -2.50. The molecule has 1 saturated heterocycles. The topological polar surface area (TPSA) is 37.4 Å². The molecule has 4 aliphatic rings. The number of benzene rings is 3. The van der Waals surface area contributed by atoms with Crippen LogP contribution in [0, 0.1) is 11.8 Å². The molecule has 7 rings (SSSR count). The average molecular weight is 400 g/mol. The van der Waals surface area contributed by atoms with Gasteiger partial charge >= 0.3 is 0 Å². The van der Waals surface area contributed by atoms with E-state index in [2.05, 4.69) is 12.1 Å². The van der Waals surface area contributed by atoms with Crippen molar-refractivity contribution in [3.05, 3.63) is 107 Å². The molecule has 2 bridgehead atoms. The quantitative estimate of drug-likeness (QED) is 0.472. The summed E-state index contributed by atoms with van der Waals surface area (Å²) in [5.41, 5.74) is 5.03. The molecule has 0 aromatic heterocycles. The van der Waals surface area contributed by atoms with Gasteiger partial charge in [0.1, 0.15) is 4.87 Å². The molecule has 0 radical (unpaired) electrons. The normalized spacial score (nSPS) is 28.9. The van der Waals surface area contributed by atoms with Gasteiger partial charge in [-0.3, -0.25) is 14.5 Å². The zero-order valence-corrected chi connectivity index (χ0v) is 16.3. The number of amides is 2. The zero-order valence-electron chi connectivity index (χ0n) is 15.6. The van der Waals surface area contributed by atoms with Gasteiger partial charge in [-0.15, -0.1) is 11.6 Å². The third kappa shape index (κ3) is 2.03. The molecule has 3 aliphatic carbocycles. The predicted molar refractivity (Wildman–Crippen MR) is 110 cm³/mol. The fourth-order valence-electron chi connectivity index (χ4n) is 5.66. The standard InChI is InChI=1S/C25H18ClNO2/c26-25-18-12-6-4-10-16(18)20(17-11-5-7-13-19(17)25)21-22(25)24(29)27(23(21)28)14-15-8-2-1-3-9-15/h1-13,20-22H,14H2/t20?,21-,22+,25?/m1/s1. The maximum atomic E-state index is 13.6. The Morgan fingerprint density at radius 2 is 1.31 bits per heavy atom. The highest BCUT2D eigenvalue weighted by atomic mass is 35.5. The molecular formula is C25H18ClNO2. The SMILES string of the molecule is O=C1[C@@H]2C3c4ccccc4C(Cl)(c4ccccc43)[C@@H]2C(=O)N1Cc1ccccc1. The molecule has 2 atom stereocenters. The number of carbonyl (C=O) groups excluding carboxylic acids is 2. The summed E-state index contributed by atoms with van der Waals surface area (Å²) in [6, 6.07) is 25.7. The molecule has 1 fully saturated rings. The van der Waals surface area contributed by atoms with Gasteiger partial charge in [0.05, 0.1) is 18.4 Å². The first-order valence-electron chi connectivity index (χ1n) is 9.89. The van der Waals surface area contributed by atoms with Crippen molar-refractivity contribution in [3.63, 3.8) is 0 Å². The molecule has 2 amide bonds. The van der Waals surface area contributed by atoms with Gasteiger partial charge in [0.2, 0.25) is 11.8 Å².